The van der Waals surface area contributed by atoms with Crippen molar-refractivity contribution in [1.29, 1.82) is 0 Å². The van der Waals surface area contributed by atoms with Gasteiger partial charge in [0.2, 0.25) is 5.91 Å². The first kappa shape index (κ1) is 16.8. The molecule has 1 aromatic rings. The maximum Gasteiger partial charge on any atom is 0.241 e. The zero-order chi connectivity index (χ0) is 16.2. The largest absolute Gasteiger partial charge is 0.376 e. The van der Waals surface area contributed by atoms with Crippen LogP contribution in [0.3, 0.4) is 0 Å². The van der Waals surface area contributed by atoms with E-state index in [0.29, 0.717) is 6.54 Å². The molecule has 0 aliphatic carbocycles. The van der Waals surface area contributed by atoms with Crippen molar-refractivity contribution in [3.63, 3.8) is 0 Å². The molecule has 4 nitrogen and oxygen atoms in total. The van der Waals surface area contributed by atoms with E-state index in [0.717, 1.165) is 38.4 Å². The molecule has 2 rings (SSSR count). The molecule has 1 fully saturated rings. The van der Waals surface area contributed by atoms with Crippen LogP contribution in [0, 0.1) is 0 Å². The maximum atomic E-state index is 12.2. The average Bonchev–Trinajstić information content (AvgIpc) is 2.52. The third kappa shape index (κ3) is 4.47. The number of nitrogens with one attached hydrogen (secondary N) is 1. The second-order valence-electron chi connectivity index (χ2n) is 7.00. The van der Waals surface area contributed by atoms with Crippen LogP contribution in [0.25, 0.3) is 0 Å². The van der Waals surface area contributed by atoms with Crippen molar-refractivity contribution < 1.29 is 4.79 Å². The van der Waals surface area contributed by atoms with Gasteiger partial charge in [-0.1, -0.05) is 39.8 Å². The van der Waals surface area contributed by atoms with Crippen LogP contribution in [0.4, 0.5) is 5.69 Å². The third-order valence-electron chi connectivity index (χ3n) is 4.37. The molecular formula is C18H29N3O. The van der Waals surface area contributed by atoms with Crippen LogP contribution in [0.2, 0.25) is 0 Å². The van der Waals surface area contributed by atoms with Gasteiger partial charge in [0, 0.05) is 31.9 Å². The summed E-state index contributed by atoms with van der Waals surface area (Å²) in [5.41, 5.74) is 2.47. The van der Waals surface area contributed by atoms with Gasteiger partial charge in [-0.15, -0.1) is 0 Å². The van der Waals surface area contributed by atoms with Crippen LogP contribution in [0.5, 0.6) is 0 Å². The Hall–Kier alpha value is -1.55. The predicted molar refractivity (Wildman–Crippen MR) is 92.3 cm³/mol. The Morgan fingerprint density at radius 1 is 1.09 bits per heavy atom. The predicted octanol–water partition coefficient (Wildman–Crippen LogP) is 2.56. The van der Waals surface area contributed by atoms with E-state index >= 15 is 0 Å². The fraction of sp³-hybridized carbons (Fsp3) is 0.611. The normalized spacial score (nSPS) is 16.6. The molecule has 1 saturated heterocycles. The highest BCUT2D eigenvalue weighted by atomic mass is 16.2. The van der Waals surface area contributed by atoms with Crippen LogP contribution in [0.1, 0.15) is 33.3 Å². The summed E-state index contributed by atoms with van der Waals surface area (Å²) >= 11 is 0. The average molecular weight is 303 g/mol. The number of piperazine rings is 1. The lowest BCUT2D eigenvalue weighted by Gasteiger charge is -2.34. The summed E-state index contributed by atoms with van der Waals surface area (Å²) in [6, 6.07) is 8.38. The molecule has 0 bridgehead atoms. The Bertz CT molecular complexity index is 482. The quantitative estimate of drug-likeness (QED) is 0.928. The van der Waals surface area contributed by atoms with Crippen LogP contribution in [0.15, 0.2) is 24.3 Å². The Morgan fingerprint density at radius 2 is 1.68 bits per heavy atom. The third-order valence-corrected chi connectivity index (χ3v) is 4.37. The lowest BCUT2D eigenvalue weighted by molar-refractivity contribution is -0.131. The molecule has 1 aliphatic rings. The van der Waals surface area contributed by atoms with Gasteiger partial charge in [-0.2, -0.15) is 0 Å². The number of anilines is 1. The van der Waals surface area contributed by atoms with Gasteiger partial charge >= 0.3 is 0 Å². The molecule has 1 heterocycles. The number of hydrogen-bond acceptors (Lipinski definition) is 3. The molecule has 1 amide bonds. The number of amides is 1. The number of carbonyl (C=O) groups excluding carboxylic acids is 1. The molecule has 1 N–H and O–H groups in total. The first-order valence-electron chi connectivity index (χ1n) is 8.24. The fourth-order valence-corrected chi connectivity index (χ4v) is 2.69. The minimum atomic E-state index is 0.160. The van der Waals surface area contributed by atoms with Crippen molar-refractivity contribution >= 4 is 11.6 Å². The van der Waals surface area contributed by atoms with E-state index in [2.05, 4.69) is 62.2 Å². The highest BCUT2D eigenvalue weighted by Gasteiger charge is 2.19. The smallest absolute Gasteiger partial charge is 0.241 e. The van der Waals surface area contributed by atoms with Gasteiger partial charge in [-0.05, 0) is 29.7 Å². The van der Waals surface area contributed by atoms with Crippen molar-refractivity contribution in [2.24, 2.45) is 0 Å². The van der Waals surface area contributed by atoms with Gasteiger partial charge in [-0.25, -0.2) is 0 Å². The second kappa shape index (κ2) is 7.14. The number of likely N-dealkylation sites (N-methyl/N-ethyl adjacent to an activating group) is 1. The van der Waals surface area contributed by atoms with E-state index in [4.69, 9.17) is 0 Å². The Kier molecular flexibility index (Phi) is 5.46. The van der Waals surface area contributed by atoms with E-state index < -0.39 is 0 Å². The number of hydrogen-bond donors (Lipinski definition) is 1. The lowest BCUT2D eigenvalue weighted by Crippen LogP contribution is -2.49. The van der Waals surface area contributed by atoms with Crippen molar-refractivity contribution in [1.82, 2.24) is 9.80 Å². The molecule has 122 valence electrons. The minimum absolute atomic E-state index is 0.160. The van der Waals surface area contributed by atoms with E-state index in [1.807, 2.05) is 4.90 Å². The molecule has 0 unspecified atom stereocenters. The summed E-state index contributed by atoms with van der Waals surface area (Å²) in [6.07, 6.45) is 0. The molecule has 0 atom stereocenters. The van der Waals surface area contributed by atoms with Crippen molar-refractivity contribution in [3.05, 3.63) is 29.8 Å². The first-order valence-corrected chi connectivity index (χ1v) is 8.24. The molecule has 0 saturated carbocycles. The van der Waals surface area contributed by atoms with E-state index in [9.17, 15) is 4.79 Å². The van der Waals surface area contributed by atoms with E-state index in [-0.39, 0.29) is 11.3 Å². The molecule has 4 heteroatoms. The Morgan fingerprint density at radius 3 is 2.18 bits per heavy atom. The number of nitrogens with zero attached hydrogens (tertiary/aromatic N) is 2. The molecule has 0 spiro atoms. The number of benzene rings is 1. The minimum Gasteiger partial charge on any atom is -0.376 e. The van der Waals surface area contributed by atoms with Gasteiger partial charge in [0.15, 0.2) is 0 Å². The summed E-state index contributed by atoms with van der Waals surface area (Å²) < 4.78 is 0. The van der Waals surface area contributed by atoms with Crippen molar-refractivity contribution in [3.8, 4) is 0 Å². The molecule has 22 heavy (non-hydrogen) atoms. The monoisotopic (exact) mass is 303 g/mol. The topological polar surface area (TPSA) is 35.6 Å². The number of rotatable bonds is 4. The molecule has 0 aromatic heterocycles. The van der Waals surface area contributed by atoms with E-state index in [1.165, 1.54) is 5.56 Å². The molecule has 1 aliphatic heterocycles. The molecule has 0 radical (unpaired) electrons. The lowest BCUT2D eigenvalue weighted by atomic mass is 9.87. The van der Waals surface area contributed by atoms with Crippen molar-refractivity contribution in [2.75, 3.05) is 44.6 Å². The van der Waals surface area contributed by atoms with E-state index in [1.54, 1.807) is 0 Å². The highest BCUT2D eigenvalue weighted by Crippen LogP contribution is 2.23. The summed E-state index contributed by atoms with van der Waals surface area (Å²) in [5, 5.41) is 3.24. The Labute approximate surface area is 134 Å². The van der Waals surface area contributed by atoms with Crippen LogP contribution in [-0.4, -0.2) is 55.0 Å². The number of carbonyl (C=O) groups is 1. The maximum absolute atomic E-state index is 12.2. The summed E-state index contributed by atoms with van der Waals surface area (Å²) in [4.78, 5) is 16.6. The Balaban J connectivity index is 1.81. The summed E-state index contributed by atoms with van der Waals surface area (Å²) in [5.74, 6) is 0.190. The molecular weight excluding hydrogens is 274 g/mol. The summed E-state index contributed by atoms with van der Waals surface area (Å²) in [7, 11) is 0. The van der Waals surface area contributed by atoms with Gasteiger partial charge in [0.25, 0.3) is 0 Å². The highest BCUT2D eigenvalue weighted by molar-refractivity contribution is 5.81. The SMILES string of the molecule is CCN1CCN(C(=O)CNc2ccc(C(C)(C)C)cc2)CC1. The van der Waals surface area contributed by atoms with Gasteiger partial charge in [0.05, 0.1) is 6.54 Å². The summed E-state index contributed by atoms with van der Waals surface area (Å²) in [6.45, 7) is 13.9. The van der Waals surface area contributed by atoms with Gasteiger partial charge in [-0.3, -0.25) is 4.79 Å². The zero-order valence-corrected chi connectivity index (χ0v) is 14.4. The van der Waals surface area contributed by atoms with Gasteiger partial charge in [0.1, 0.15) is 0 Å². The van der Waals surface area contributed by atoms with Crippen LogP contribution >= 0.6 is 0 Å². The molecule has 1 aromatic carbocycles. The van der Waals surface area contributed by atoms with Crippen LogP contribution in [-0.2, 0) is 10.2 Å². The van der Waals surface area contributed by atoms with Crippen molar-refractivity contribution in [2.45, 2.75) is 33.1 Å². The van der Waals surface area contributed by atoms with Gasteiger partial charge < -0.3 is 15.1 Å². The van der Waals surface area contributed by atoms with Crippen LogP contribution < -0.4 is 5.32 Å². The second-order valence-corrected chi connectivity index (χ2v) is 7.00. The standard InChI is InChI=1S/C18H29N3O/c1-5-20-10-12-21(13-11-20)17(22)14-19-16-8-6-15(7-9-16)18(2,3)4/h6-9,19H,5,10-14H2,1-4H3. The zero-order valence-electron chi connectivity index (χ0n) is 14.4. The fourth-order valence-electron chi connectivity index (χ4n) is 2.69. The first-order chi connectivity index (χ1) is 10.4.